The van der Waals surface area contributed by atoms with E-state index in [1.807, 2.05) is 30.3 Å². The molecule has 1 N–H and O–H groups in total. The van der Waals surface area contributed by atoms with Gasteiger partial charge in [-0.25, -0.2) is 9.59 Å². The quantitative estimate of drug-likeness (QED) is 0.918. The first-order valence-corrected chi connectivity index (χ1v) is 6.66. The third-order valence-corrected chi connectivity index (χ3v) is 2.99. The largest absolute Gasteiger partial charge is 0.478 e. The van der Waals surface area contributed by atoms with Crippen molar-refractivity contribution >= 4 is 12.1 Å². The lowest BCUT2D eigenvalue weighted by Crippen LogP contribution is -2.27. The molecule has 0 aliphatic heterocycles. The van der Waals surface area contributed by atoms with Crippen molar-refractivity contribution in [3.05, 3.63) is 65.5 Å². The van der Waals surface area contributed by atoms with Gasteiger partial charge in [-0.05, 0) is 17.7 Å². The number of carbonyl (C=O) groups is 2. The molecule has 22 heavy (non-hydrogen) atoms. The van der Waals surface area contributed by atoms with Gasteiger partial charge in [-0.3, -0.25) is 4.98 Å². The van der Waals surface area contributed by atoms with Crippen LogP contribution in [0.4, 0.5) is 4.79 Å². The van der Waals surface area contributed by atoms with Crippen LogP contribution in [-0.4, -0.2) is 34.1 Å². The van der Waals surface area contributed by atoms with Crippen LogP contribution in [0.2, 0.25) is 0 Å². The smallest absolute Gasteiger partial charge is 0.410 e. The van der Waals surface area contributed by atoms with Crippen LogP contribution in [0.25, 0.3) is 0 Å². The molecule has 0 saturated heterocycles. The Labute approximate surface area is 128 Å². The second-order valence-corrected chi connectivity index (χ2v) is 4.74. The molecule has 0 aliphatic carbocycles. The highest BCUT2D eigenvalue weighted by atomic mass is 16.6. The zero-order chi connectivity index (χ0) is 15.9. The van der Waals surface area contributed by atoms with Gasteiger partial charge in [-0.2, -0.15) is 0 Å². The second-order valence-electron chi connectivity index (χ2n) is 4.74. The molecule has 2 aromatic rings. The van der Waals surface area contributed by atoms with Crippen LogP contribution in [0, 0.1) is 0 Å². The molecule has 0 saturated carbocycles. The number of carboxylic acid groups (broad SMARTS) is 1. The summed E-state index contributed by atoms with van der Waals surface area (Å²) in [5.41, 5.74) is 1.61. The molecule has 1 heterocycles. The number of benzene rings is 1. The summed E-state index contributed by atoms with van der Waals surface area (Å²) in [6, 6.07) is 12.4. The van der Waals surface area contributed by atoms with Gasteiger partial charge in [-0.1, -0.05) is 30.3 Å². The van der Waals surface area contributed by atoms with Crippen molar-refractivity contribution in [1.29, 1.82) is 0 Å². The van der Waals surface area contributed by atoms with Gasteiger partial charge in [0.2, 0.25) is 0 Å². The van der Waals surface area contributed by atoms with Crippen LogP contribution in [-0.2, 0) is 17.9 Å². The average Bonchev–Trinajstić information content (AvgIpc) is 2.54. The van der Waals surface area contributed by atoms with Gasteiger partial charge in [-0.15, -0.1) is 0 Å². The molecule has 0 radical (unpaired) electrons. The Morgan fingerprint density at radius 1 is 1.18 bits per heavy atom. The Balaban J connectivity index is 1.86. The van der Waals surface area contributed by atoms with Crippen LogP contribution in [0.15, 0.2) is 48.7 Å². The average molecular weight is 300 g/mol. The number of ether oxygens (including phenoxy) is 1. The molecule has 6 nitrogen and oxygen atoms in total. The number of nitrogens with zero attached hydrogens (tertiary/aromatic N) is 2. The van der Waals surface area contributed by atoms with Gasteiger partial charge in [0.15, 0.2) is 0 Å². The first kappa shape index (κ1) is 15.5. The number of amides is 1. The van der Waals surface area contributed by atoms with Crippen LogP contribution in [0.1, 0.15) is 21.6 Å². The van der Waals surface area contributed by atoms with Crippen molar-refractivity contribution in [2.45, 2.75) is 13.2 Å². The number of aromatic carboxylic acids is 1. The van der Waals surface area contributed by atoms with E-state index < -0.39 is 12.1 Å². The maximum absolute atomic E-state index is 11.9. The molecule has 0 atom stereocenters. The van der Waals surface area contributed by atoms with E-state index in [2.05, 4.69) is 4.98 Å². The molecule has 1 amide bonds. The van der Waals surface area contributed by atoms with Crippen molar-refractivity contribution in [1.82, 2.24) is 9.88 Å². The molecule has 114 valence electrons. The summed E-state index contributed by atoms with van der Waals surface area (Å²) in [7, 11) is 1.60. The van der Waals surface area contributed by atoms with Crippen LogP contribution >= 0.6 is 0 Å². The SMILES string of the molecule is CN(Cc1ccc(C(=O)O)cn1)C(=O)OCc1ccccc1. The number of hydrogen-bond donors (Lipinski definition) is 1. The van der Waals surface area contributed by atoms with Gasteiger partial charge in [0.25, 0.3) is 0 Å². The van der Waals surface area contributed by atoms with Gasteiger partial charge in [0.05, 0.1) is 17.8 Å². The van der Waals surface area contributed by atoms with Crippen LogP contribution < -0.4 is 0 Å². The van der Waals surface area contributed by atoms with Crippen molar-refractivity contribution in [2.24, 2.45) is 0 Å². The Hall–Kier alpha value is -2.89. The van der Waals surface area contributed by atoms with E-state index >= 15 is 0 Å². The lowest BCUT2D eigenvalue weighted by molar-refractivity contribution is 0.0696. The second kappa shape index (κ2) is 7.21. The maximum Gasteiger partial charge on any atom is 0.410 e. The summed E-state index contributed by atoms with van der Waals surface area (Å²) < 4.78 is 5.19. The predicted octanol–water partition coefficient (Wildman–Crippen LogP) is 2.55. The van der Waals surface area contributed by atoms with Gasteiger partial charge < -0.3 is 14.7 Å². The molecule has 1 aromatic carbocycles. The summed E-state index contributed by atoms with van der Waals surface area (Å²) in [5.74, 6) is -1.03. The molecule has 0 aliphatic rings. The lowest BCUT2D eigenvalue weighted by Gasteiger charge is -2.16. The molecule has 0 spiro atoms. The van der Waals surface area contributed by atoms with Crippen molar-refractivity contribution in [3.8, 4) is 0 Å². The Kier molecular flexibility index (Phi) is 5.08. The zero-order valence-corrected chi connectivity index (χ0v) is 12.1. The molecule has 1 aromatic heterocycles. The van der Waals surface area contributed by atoms with E-state index in [9.17, 15) is 9.59 Å². The number of rotatable bonds is 5. The van der Waals surface area contributed by atoms with E-state index in [1.54, 1.807) is 13.1 Å². The monoisotopic (exact) mass is 300 g/mol. The van der Waals surface area contributed by atoms with Crippen LogP contribution in [0.5, 0.6) is 0 Å². The van der Waals surface area contributed by atoms with Crippen molar-refractivity contribution in [3.63, 3.8) is 0 Å². The molecule has 2 rings (SSSR count). The normalized spacial score (nSPS) is 10.0. The summed E-state index contributed by atoms with van der Waals surface area (Å²) in [6.45, 7) is 0.447. The number of hydrogen-bond acceptors (Lipinski definition) is 4. The third kappa shape index (κ3) is 4.31. The molecule has 0 fully saturated rings. The number of aromatic nitrogens is 1. The molecular weight excluding hydrogens is 284 g/mol. The first-order chi connectivity index (χ1) is 10.6. The molecular formula is C16H16N2O4. The Morgan fingerprint density at radius 3 is 2.50 bits per heavy atom. The molecule has 0 unspecified atom stereocenters. The van der Waals surface area contributed by atoms with E-state index in [0.717, 1.165) is 5.56 Å². The van der Waals surface area contributed by atoms with Crippen molar-refractivity contribution in [2.75, 3.05) is 7.05 Å². The summed E-state index contributed by atoms with van der Waals surface area (Å²) in [6.07, 6.45) is 0.800. The Morgan fingerprint density at radius 2 is 1.91 bits per heavy atom. The summed E-state index contributed by atoms with van der Waals surface area (Å²) in [5, 5.41) is 8.80. The minimum atomic E-state index is -1.03. The third-order valence-electron chi connectivity index (χ3n) is 2.99. The zero-order valence-electron chi connectivity index (χ0n) is 12.1. The molecule has 0 bridgehead atoms. The molecule has 6 heteroatoms. The predicted molar refractivity (Wildman–Crippen MR) is 79.3 cm³/mol. The van der Waals surface area contributed by atoms with Gasteiger partial charge in [0.1, 0.15) is 6.61 Å². The summed E-state index contributed by atoms with van der Waals surface area (Å²) in [4.78, 5) is 28.0. The summed E-state index contributed by atoms with van der Waals surface area (Å²) >= 11 is 0. The first-order valence-electron chi connectivity index (χ1n) is 6.66. The van der Waals surface area contributed by atoms with Crippen LogP contribution in [0.3, 0.4) is 0 Å². The van der Waals surface area contributed by atoms with Crippen molar-refractivity contribution < 1.29 is 19.4 Å². The fourth-order valence-corrected chi connectivity index (χ4v) is 1.78. The minimum Gasteiger partial charge on any atom is -0.478 e. The Bertz CT molecular complexity index is 641. The fraction of sp³-hybridized carbons (Fsp3) is 0.188. The highest BCUT2D eigenvalue weighted by Crippen LogP contribution is 2.06. The number of pyridine rings is 1. The number of carboxylic acids is 1. The number of carbonyl (C=O) groups excluding carboxylic acids is 1. The lowest BCUT2D eigenvalue weighted by atomic mass is 10.2. The van der Waals surface area contributed by atoms with E-state index in [4.69, 9.17) is 9.84 Å². The highest BCUT2D eigenvalue weighted by molar-refractivity contribution is 5.87. The minimum absolute atomic E-state index is 0.109. The fourth-order valence-electron chi connectivity index (χ4n) is 1.78. The van der Waals surface area contributed by atoms with E-state index in [1.165, 1.54) is 17.2 Å². The standard InChI is InChI=1S/C16H16N2O4/c1-18(10-14-8-7-13(9-17-14)15(19)20)16(21)22-11-12-5-3-2-4-6-12/h2-9H,10-11H2,1H3,(H,19,20). The topological polar surface area (TPSA) is 79.7 Å². The highest BCUT2D eigenvalue weighted by Gasteiger charge is 2.12. The van der Waals surface area contributed by atoms with E-state index in [-0.39, 0.29) is 18.7 Å². The van der Waals surface area contributed by atoms with Gasteiger partial charge in [0, 0.05) is 13.2 Å². The van der Waals surface area contributed by atoms with Gasteiger partial charge >= 0.3 is 12.1 Å². The maximum atomic E-state index is 11.9. The van der Waals surface area contributed by atoms with E-state index in [0.29, 0.717) is 5.69 Å².